The van der Waals surface area contributed by atoms with E-state index >= 15 is 0 Å². The third-order valence-corrected chi connectivity index (χ3v) is 4.39. The van der Waals surface area contributed by atoms with Crippen molar-refractivity contribution in [2.45, 2.75) is 32.1 Å². The summed E-state index contributed by atoms with van der Waals surface area (Å²) < 4.78 is 5.94. The largest absolute Gasteiger partial charge is 0.365 e. The molecule has 2 aromatic rings. The second-order valence-electron chi connectivity index (χ2n) is 5.75. The van der Waals surface area contributed by atoms with Crippen molar-refractivity contribution in [2.24, 2.45) is 0 Å². The first-order valence-corrected chi connectivity index (χ1v) is 8.15. The topological polar surface area (TPSA) is 29.5 Å². The number of carbonyl (C=O) groups is 1. The Bertz CT molecular complexity index is 674. The monoisotopic (exact) mass is 328 g/mol. The van der Waals surface area contributed by atoms with E-state index in [0.29, 0.717) is 24.6 Å². The van der Waals surface area contributed by atoms with Gasteiger partial charge < -0.3 is 9.64 Å². The van der Waals surface area contributed by atoms with Crippen LogP contribution in [0.15, 0.2) is 48.5 Å². The zero-order valence-electron chi connectivity index (χ0n) is 13.0. The van der Waals surface area contributed by atoms with E-state index in [0.717, 1.165) is 11.3 Å². The van der Waals surface area contributed by atoms with Crippen molar-refractivity contribution >= 4 is 23.1 Å². The fourth-order valence-corrected chi connectivity index (χ4v) is 3.11. The highest BCUT2D eigenvalue weighted by atomic mass is 35.5. The SMILES string of the molecule is CC1C(OCc2ccccc2)C(=O)CCN1c1[c]c(Cl)ccc1. The Morgan fingerprint density at radius 1 is 1.22 bits per heavy atom. The van der Waals surface area contributed by atoms with E-state index < -0.39 is 6.10 Å². The molecular weight excluding hydrogens is 310 g/mol. The second-order valence-corrected chi connectivity index (χ2v) is 6.16. The van der Waals surface area contributed by atoms with Crippen molar-refractivity contribution in [1.82, 2.24) is 0 Å². The van der Waals surface area contributed by atoms with Gasteiger partial charge in [0.1, 0.15) is 6.10 Å². The summed E-state index contributed by atoms with van der Waals surface area (Å²) in [7, 11) is 0. The van der Waals surface area contributed by atoms with Crippen LogP contribution in [0, 0.1) is 6.07 Å². The number of halogens is 1. The minimum Gasteiger partial charge on any atom is -0.365 e. The smallest absolute Gasteiger partial charge is 0.165 e. The van der Waals surface area contributed by atoms with E-state index in [1.165, 1.54) is 0 Å². The molecule has 0 saturated carbocycles. The van der Waals surface area contributed by atoms with Crippen molar-refractivity contribution in [2.75, 3.05) is 11.4 Å². The van der Waals surface area contributed by atoms with Crippen LogP contribution < -0.4 is 4.90 Å². The van der Waals surface area contributed by atoms with Gasteiger partial charge in [-0.3, -0.25) is 4.79 Å². The molecule has 2 unspecified atom stereocenters. The van der Waals surface area contributed by atoms with Gasteiger partial charge in [0.2, 0.25) is 0 Å². The third kappa shape index (κ3) is 3.74. The van der Waals surface area contributed by atoms with Gasteiger partial charge in [0, 0.05) is 24.7 Å². The number of hydrogen-bond donors (Lipinski definition) is 0. The quantitative estimate of drug-likeness (QED) is 0.852. The van der Waals surface area contributed by atoms with Gasteiger partial charge in [0.25, 0.3) is 0 Å². The van der Waals surface area contributed by atoms with Crippen LogP contribution in [0.3, 0.4) is 0 Å². The highest BCUT2D eigenvalue weighted by Crippen LogP contribution is 2.27. The standard InChI is InChI=1S/C19H19ClNO2/c1-14-19(23-13-15-6-3-2-4-7-15)18(22)10-11-21(14)17-9-5-8-16(20)12-17/h2-9,14,19H,10-11,13H2,1H3. The second kappa shape index (κ2) is 7.16. The summed E-state index contributed by atoms with van der Waals surface area (Å²) in [6, 6.07) is 18.7. The maximum atomic E-state index is 12.3. The highest BCUT2D eigenvalue weighted by molar-refractivity contribution is 6.30. The Kier molecular flexibility index (Phi) is 4.99. The molecule has 3 rings (SSSR count). The van der Waals surface area contributed by atoms with Crippen molar-refractivity contribution < 1.29 is 9.53 Å². The van der Waals surface area contributed by atoms with Gasteiger partial charge in [0.15, 0.2) is 5.78 Å². The zero-order chi connectivity index (χ0) is 16.2. The first kappa shape index (κ1) is 16.0. The van der Waals surface area contributed by atoms with Crippen molar-refractivity contribution in [3.8, 4) is 0 Å². The van der Waals surface area contributed by atoms with Crippen LogP contribution in [0.4, 0.5) is 5.69 Å². The van der Waals surface area contributed by atoms with Gasteiger partial charge in [-0.25, -0.2) is 0 Å². The van der Waals surface area contributed by atoms with Gasteiger partial charge in [-0.05, 0) is 24.6 Å². The van der Waals surface area contributed by atoms with Crippen LogP contribution in [-0.2, 0) is 16.1 Å². The molecular formula is C19H19ClNO2. The minimum atomic E-state index is -0.434. The van der Waals surface area contributed by atoms with Crippen molar-refractivity contribution in [3.63, 3.8) is 0 Å². The summed E-state index contributed by atoms with van der Waals surface area (Å²) in [6.07, 6.45) is 0.0424. The lowest BCUT2D eigenvalue weighted by Gasteiger charge is -2.39. The maximum absolute atomic E-state index is 12.3. The molecule has 3 nitrogen and oxygen atoms in total. The van der Waals surface area contributed by atoms with Crippen LogP contribution >= 0.6 is 11.6 Å². The molecule has 0 spiro atoms. The molecule has 2 atom stereocenters. The number of benzene rings is 2. The Hall–Kier alpha value is -1.84. The predicted octanol–water partition coefficient (Wildman–Crippen LogP) is 3.89. The summed E-state index contributed by atoms with van der Waals surface area (Å²) in [5.74, 6) is 0.159. The summed E-state index contributed by atoms with van der Waals surface area (Å²) >= 11 is 6.04. The number of carbonyl (C=O) groups excluding carboxylic acids is 1. The lowest BCUT2D eigenvalue weighted by atomic mass is 9.97. The van der Waals surface area contributed by atoms with Crippen molar-refractivity contribution in [1.29, 1.82) is 0 Å². The number of hydrogen-bond acceptors (Lipinski definition) is 3. The number of rotatable bonds is 4. The Balaban J connectivity index is 1.73. The summed E-state index contributed by atoms with van der Waals surface area (Å²) in [5, 5.41) is 0.577. The third-order valence-electron chi connectivity index (χ3n) is 4.17. The molecule has 1 aliphatic heterocycles. The number of anilines is 1. The summed E-state index contributed by atoms with van der Waals surface area (Å²) in [6.45, 7) is 3.12. The number of nitrogens with zero attached hydrogens (tertiary/aromatic N) is 1. The number of piperidine rings is 1. The molecule has 0 amide bonds. The van der Waals surface area contributed by atoms with Gasteiger partial charge in [0.05, 0.1) is 17.7 Å². The molecule has 4 heteroatoms. The Morgan fingerprint density at radius 2 is 2.00 bits per heavy atom. The number of ketones is 1. The fourth-order valence-electron chi connectivity index (χ4n) is 2.94. The number of Topliss-reactive ketones (excluding diaryl/α,β-unsaturated/α-hetero) is 1. The highest BCUT2D eigenvalue weighted by Gasteiger charge is 2.35. The van der Waals surface area contributed by atoms with Crippen LogP contribution in [0.1, 0.15) is 18.9 Å². The number of ether oxygens (including phenoxy) is 1. The maximum Gasteiger partial charge on any atom is 0.165 e. The van der Waals surface area contributed by atoms with Gasteiger partial charge in [-0.2, -0.15) is 0 Å². The molecule has 119 valence electrons. The van der Waals surface area contributed by atoms with Crippen LogP contribution in [0.25, 0.3) is 0 Å². The fraction of sp³-hybridized carbons (Fsp3) is 0.316. The van der Waals surface area contributed by atoms with Crippen LogP contribution in [0.2, 0.25) is 5.02 Å². The molecule has 1 aliphatic rings. The molecule has 0 bridgehead atoms. The Labute approximate surface area is 141 Å². The van der Waals surface area contributed by atoms with E-state index in [2.05, 4.69) is 11.0 Å². The lowest BCUT2D eigenvalue weighted by molar-refractivity contribution is -0.134. The van der Waals surface area contributed by atoms with Crippen molar-refractivity contribution in [3.05, 3.63) is 65.2 Å². The summed E-state index contributed by atoms with van der Waals surface area (Å²) in [5.41, 5.74) is 1.98. The van der Waals surface area contributed by atoms with E-state index in [9.17, 15) is 4.79 Å². The van der Waals surface area contributed by atoms with E-state index in [4.69, 9.17) is 16.3 Å². The average molecular weight is 329 g/mol. The minimum absolute atomic E-state index is 0.0466. The molecule has 1 saturated heterocycles. The van der Waals surface area contributed by atoms with Crippen LogP contribution in [0.5, 0.6) is 0 Å². The van der Waals surface area contributed by atoms with E-state index in [-0.39, 0.29) is 11.8 Å². The first-order valence-electron chi connectivity index (χ1n) is 7.78. The molecule has 1 fully saturated rings. The van der Waals surface area contributed by atoms with Gasteiger partial charge >= 0.3 is 0 Å². The molecule has 1 heterocycles. The lowest BCUT2D eigenvalue weighted by Crippen LogP contribution is -2.52. The predicted molar refractivity (Wildman–Crippen MR) is 91.7 cm³/mol. The molecule has 0 aliphatic carbocycles. The van der Waals surface area contributed by atoms with E-state index in [1.54, 1.807) is 6.07 Å². The molecule has 23 heavy (non-hydrogen) atoms. The Morgan fingerprint density at radius 3 is 2.74 bits per heavy atom. The first-order chi connectivity index (χ1) is 11.1. The normalized spacial score (nSPS) is 21.5. The molecule has 0 aromatic heterocycles. The van der Waals surface area contributed by atoms with Gasteiger partial charge in [-0.15, -0.1) is 0 Å². The van der Waals surface area contributed by atoms with E-state index in [1.807, 2.05) is 49.4 Å². The summed E-state index contributed by atoms with van der Waals surface area (Å²) in [4.78, 5) is 14.4. The molecule has 2 aromatic carbocycles. The molecule has 1 radical (unpaired) electrons. The average Bonchev–Trinajstić information content (AvgIpc) is 2.55. The zero-order valence-corrected chi connectivity index (χ0v) is 13.8. The molecule has 0 N–H and O–H groups in total. The van der Waals surface area contributed by atoms with Crippen LogP contribution in [-0.4, -0.2) is 24.5 Å². The van der Waals surface area contributed by atoms with Gasteiger partial charge in [-0.1, -0.05) is 48.0 Å².